The summed E-state index contributed by atoms with van der Waals surface area (Å²) in [6.07, 6.45) is 1.33. The summed E-state index contributed by atoms with van der Waals surface area (Å²) in [4.78, 5) is 55.8. The van der Waals surface area contributed by atoms with Gasteiger partial charge in [0.1, 0.15) is 11.6 Å². The van der Waals surface area contributed by atoms with Crippen molar-refractivity contribution < 1.29 is 45.5 Å². The molecule has 4 aliphatic rings. The molecule has 270 valence electrons. The second-order valence-corrected chi connectivity index (χ2v) is 15.5. The van der Waals surface area contributed by atoms with E-state index in [0.717, 1.165) is 18.6 Å². The first kappa shape index (κ1) is 35.4. The van der Waals surface area contributed by atoms with E-state index in [9.17, 15) is 40.8 Å². The Morgan fingerprint density at radius 3 is 2.52 bits per heavy atom. The number of sulfonamides is 1. The number of carbonyl (C=O) groups excluding carboxylic acids is 4. The van der Waals surface area contributed by atoms with Crippen LogP contribution in [0.1, 0.15) is 62.6 Å². The number of hydrogen-bond acceptors (Lipinski definition) is 8. The van der Waals surface area contributed by atoms with Crippen LogP contribution in [-0.2, 0) is 35.3 Å². The maximum atomic E-state index is 13.9. The van der Waals surface area contributed by atoms with Gasteiger partial charge in [0, 0.05) is 31.4 Å². The molecule has 17 heteroatoms. The number of anilines is 1. The summed E-state index contributed by atoms with van der Waals surface area (Å²) >= 11 is 0. The fourth-order valence-corrected chi connectivity index (χ4v) is 8.16. The molecule has 3 aliphatic carbocycles. The highest BCUT2D eigenvalue weighted by Gasteiger charge is 2.62. The first-order valence-electron chi connectivity index (χ1n) is 16.6. The van der Waals surface area contributed by atoms with Gasteiger partial charge in [0.2, 0.25) is 21.8 Å². The summed E-state index contributed by atoms with van der Waals surface area (Å²) < 4.78 is 75.2. The number of nitrogens with zero attached hydrogens (tertiary/aromatic N) is 3. The van der Waals surface area contributed by atoms with Gasteiger partial charge >= 0.3 is 12.3 Å². The van der Waals surface area contributed by atoms with Crippen LogP contribution >= 0.6 is 0 Å². The van der Waals surface area contributed by atoms with Gasteiger partial charge in [0.25, 0.3) is 5.91 Å². The average Bonchev–Trinajstić information content (AvgIpc) is 3.93. The van der Waals surface area contributed by atoms with E-state index in [0.29, 0.717) is 37.9 Å². The van der Waals surface area contributed by atoms with Crippen LogP contribution in [-0.4, -0.2) is 77.4 Å². The molecule has 50 heavy (non-hydrogen) atoms. The zero-order valence-electron chi connectivity index (χ0n) is 27.5. The lowest BCUT2D eigenvalue weighted by Crippen LogP contribution is -2.54. The predicted octanol–water partition coefficient (Wildman–Crippen LogP) is 3.82. The SMILES string of the molecule is Cc1ccnn1-c1ccc(C(F)(F)F)cc1NC(=O)OC1CC2C(=O)NC3(C(=O)NS(=O)(=O)C4CC4)CC3/C=C/CCCCN(C)C(=O)C2C1. The highest BCUT2D eigenvalue weighted by atomic mass is 32.2. The molecule has 3 N–H and O–H groups in total. The van der Waals surface area contributed by atoms with Crippen LogP contribution in [0.25, 0.3) is 5.69 Å². The van der Waals surface area contributed by atoms with Gasteiger partial charge in [-0.2, -0.15) is 18.3 Å². The first-order chi connectivity index (χ1) is 23.6. The number of amides is 4. The standard InChI is InChI=1S/C33H39F3N6O7S/c1-19-12-13-37-42(19)27-11-8-20(33(34,35)36)15-26(27)38-31(46)49-22-16-24-25(17-22)29(44)41(2)14-6-4-3-5-7-21-18-32(21,39-28(24)43)30(45)40-50(47,48)23-9-10-23/h5,7-8,11-13,15,21-25H,3-4,6,9-10,14,16-18H2,1-2H3,(H,38,46)(H,39,43)(H,40,45)/b7-5+. The Bertz CT molecular complexity index is 1830. The minimum Gasteiger partial charge on any atom is -0.446 e. The molecule has 2 aromatic rings. The van der Waals surface area contributed by atoms with Gasteiger partial charge in [-0.15, -0.1) is 0 Å². The topological polar surface area (TPSA) is 169 Å². The van der Waals surface area contributed by atoms with E-state index < -0.39 is 74.3 Å². The van der Waals surface area contributed by atoms with Crippen molar-refractivity contribution in [2.24, 2.45) is 17.8 Å². The molecule has 1 aromatic heterocycles. The maximum Gasteiger partial charge on any atom is 0.416 e. The number of allylic oxidation sites excluding steroid dienone is 1. The van der Waals surface area contributed by atoms with E-state index in [1.165, 1.54) is 21.8 Å². The van der Waals surface area contributed by atoms with E-state index >= 15 is 0 Å². The van der Waals surface area contributed by atoms with E-state index in [1.807, 2.05) is 6.08 Å². The Balaban J connectivity index is 1.22. The molecule has 0 bridgehead atoms. The molecule has 4 amide bonds. The van der Waals surface area contributed by atoms with Gasteiger partial charge < -0.3 is 15.0 Å². The zero-order chi connectivity index (χ0) is 36.0. The summed E-state index contributed by atoms with van der Waals surface area (Å²) in [5.74, 6) is -4.31. The van der Waals surface area contributed by atoms with Crippen LogP contribution in [0, 0.1) is 24.7 Å². The maximum absolute atomic E-state index is 13.9. The third-order valence-corrected chi connectivity index (χ3v) is 11.7. The number of nitrogens with one attached hydrogen (secondary N) is 3. The van der Waals surface area contributed by atoms with Crippen molar-refractivity contribution in [3.63, 3.8) is 0 Å². The normalized spacial score (nSPS) is 28.1. The van der Waals surface area contributed by atoms with Gasteiger partial charge in [0.15, 0.2) is 0 Å². The Morgan fingerprint density at radius 1 is 1.10 bits per heavy atom. The number of halogens is 3. The van der Waals surface area contributed by atoms with Crippen molar-refractivity contribution in [2.45, 2.75) is 81.4 Å². The van der Waals surface area contributed by atoms with Gasteiger partial charge in [-0.25, -0.2) is 17.9 Å². The summed E-state index contributed by atoms with van der Waals surface area (Å²) in [6.45, 7) is 2.11. The fourth-order valence-electron chi connectivity index (χ4n) is 6.80. The minimum atomic E-state index is -4.70. The highest BCUT2D eigenvalue weighted by Crippen LogP contribution is 2.47. The third kappa shape index (κ3) is 7.37. The molecule has 2 heterocycles. The number of benzene rings is 1. The molecule has 5 unspecified atom stereocenters. The Morgan fingerprint density at radius 2 is 1.84 bits per heavy atom. The third-order valence-electron chi connectivity index (χ3n) is 9.89. The van der Waals surface area contributed by atoms with Crippen molar-refractivity contribution in [1.82, 2.24) is 24.7 Å². The van der Waals surface area contributed by atoms with Crippen molar-refractivity contribution in [3.8, 4) is 5.69 Å². The molecule has 3 saturated carbocycles. The molecule has 1 aromatic carbocycles. The van der Waals surface area contributed by atoms with Gasteiger partial charge in [0.05, 0.1) is 34.0 Å². The number of hydrogen-bond donors (Lipinski definition) is 3. The monoisotopic (exact) mass is 720 g/mol. The Hall–Kier alpha value is -4.41. The quantitative estimate of drug-likeness (QED) is 0.379. The van der Waals surface area contributed by atoms with E-state index in [2.05, 4.69) is 20.5 Å². The van der Waals surface area contributed by atoms with Crippen LogP contribution < -0.4 is 15.4 Å². The first-order valence-corrected chi connectivity index (χ1v) is 18.1. The molecule has 6 rings (SSSR count). The summed E-state index contributed by atoms with van der Waals surface area (Å²) in [7, 11) is -2.29. The molecule has 0 spiro atoms. The number of carbonyl (C=O) groups is 4. The summed E-state index contributed by atoms with van der Waals surface area (Å²) in [5.41, 5.74) is -2.00. The summed E-state index contributed by atoms with van der Waals surface area (Å²) in [5, 5.41) is 8.62. The van der Waals surface area contributed by atoms with Crippen LogP contribution in [0.2, 0.25) is 0 Å². The molecular formula is C33H39F3N6O7S. The van der Waals surface area contributed by atoms with Crippen molar-refractivity contribution in [2.75, 3.05) is 18.9 Å². The van der Waals surface area contributed by atoms with E-state index in [-0.39, 0.29) is 36.5 Å². The smallest absolute Gasteiger partial charge is 0.416 e. The van der Waals surface area contributed by atoms with Gasteiger partial charge in [-0.3, -0.25) is 24.4 Å². The molecule has 0 radical (unpaired) electrons. The van der Waals surface area contributed by atoms with Crippen LogP contribution in [0.3, 0.4) is 0 Å². The molecule has 0 saturated heterocycles. The number of alkyl halides is 3. The second kappa shape index (κ2) is 13.4. The van der Waals surface area contributed by atoms with E-state index in [4.69, 9.17) is 4.74 Å². The van der Waals surface area contributed by atoms with Crippen LogP contribution in [0.5, 0.6) is 0 Å². The lowest BCUT2D eigenvalue weighted by Gasteiger charge is -2.26. The number of aryl methyl sites for hydroxylation is 1. The van der Waals surface area contributed by atoms with Crippen LogP contribution in [0.15, 0.2) is 42.6 Å². The molecule has 1 aliphatic heterocycles. The molecular weight excluding hydrogens is 681 g/mol. The molecule has 13 nitrogen and oxygen atoms in total. The van der Waals surface area contributed by atoms with E-state index in [1.54, 1.807) is 26.1 Å². The number of ether oxygens (including phenoxy) is 1. The number of aromatic nitrogens is 2. The predicted molar refractivity (Wildman–Crippen MR) is 173 cm³/mol. The minimum absolute atomic E-state index is 0.0546. The van der Waals surface area contributed by atoms with Crippen molar-refractivity contribution in [3.05, 3.63) is 53.9 Å². The zero-order valence-corrected chi connectivity index (χ0v) is 28.4. The number of rotatable bonds is 6. The molecule has 5 atom stereocenters. The Kier molecular flexibility index (Phi) is 9.47. The lowest BCUT2D eigenvalue weighted by molar-refractivity contribution is -0.140. The summed E-state index contributed by atoms with van der Waals surface area (Å²) in [6, 6.07) is 4.46. The van der Waals surface area contributed by atoms with Crippen molar-refractivity contribution in [1.29, 1.82) is 0 Å². The van der Waals surface area contributed by atoms with Crippen molar-refractivity contribution >= 4 is 39.5 Å². The second-order valence-electron chi connectivity index (χ2n) is 13.6. The highest BCUT2D eigenvalue weighted by molar-refractivity contribution is 7.91. The Labute approximate surface area is 287 Å². The number of fused-ring (bicyclic) bond motifs is 2. The lowest BCUT2D eigenvalue weighted by atomic mass is 9.93. The fraction of sp³-hybridized carbons (Fsp3) is 0.545. The average molecular weight is 721 g/mol. The largest absolute Gasteiger partial charge is 0.446 e. The molecule has 3 fully saturated rings. The van der Waals surface area contributed by atoms with Crippen LogP contribution in [0.4, 0.5) is 23.7 Å². The van der Waals surface area contributed by atoms with Gasteiger partial charge in [-0.1, -0.05) is 12.2 Å². The van der Waals surface area contributed by atoms with Gasteiger partial charge in [-0.05, 0) is 82.6 Å².